The number of amides is 1. The number of carbonyl (C=O) groups is 1. The molecule has 3 rings (SSSR count). The Balaban J connectivity index is 1.78. The van der Waals surface area contributed by atoms with E-state index in [1.807, 2.05) is 5.32 Å². The molecule has 1 amide bonds. The average molecular weight is 474 g/mol. The molecule has 0 heterocycles. The van der Waals surface area contributed by atoms with Crippen LogP contribution in [0.25, 0.3) is 11.1 Å². The highest BCUT2D eigenvalue weighted by Crippen LogP contribution is 2.36. The fraction of sp³-hybridized carbons (Fsp3) is 0.136. The number of hydrogen-bond donors (Lipinski definition) is 1. The summed E-state index contributed by atoms with van der Waals surface area (Å²) >= 11 is 11.9. The van der Waals surface area contributed by atoms with Gasteiger partial charge in [0.2, 0.25) is 0 Å². The maximum absolute atomic E-state index is 14.7. The van der Waals surface area contributed by atoms with Gasteiger partial charge >= 0.3 is 6.18 Å². The SMILES string of the molecule is O=C(NCC(F)(F)c1ccc(-c2ccc(Cl)cc2)cc1Cl)c1ccccc1C(F)(F)F. The molecule has 0 radical (unpaired) electrons. The van der Waals surface area contributed by atoms with Crippen molar-refractivity contribution in [1.82, 2.24) is 5.32 Å². The van der Waals surface area contributed by atoms with Gasteiger partial charge in [-0.2, -0.15) is 22.0 Å². The highest BCUT2D eigenvalue weighted by Gasteiger charge is 2.37. The number of benzene rings is 3. The minimum absolute atomic E-state index is 0.248. The summed E-state index contributed by atoms with van der Waals surface area (Å²) in [7, 11) is 0. The molecule has 0 aliphatic carbocycles. The molecule has 0 fully saturated rings. The van der Waals surface area contributed by atoms with Gasteiger partial charge in [0.1, 0.15) is 0 Å². The second-order valence-electron chi connectivity index (χ2n) is 6.63. The van der Waals surface area contributed by atoms with E-state index in [2.05, 4.69) is 0 Å². The Morgan fingerprint density at radius 1 is 0.806 bits per heavy atom. The summed E-state index contributed by atoms with van der Waals surface area (Å²) in [5, 5.41) is 2.13. The maximum Gasteiger partial charge on any atom is 0.417 e. The molecule has 9 heteroatoms. The van der Waals surface area contributed by atoms with Crippen molar-refractivity contribution in [2.75, 3.05) is 6.54 Å². The van der Waals surface area contributed by atoms with Crippen molar-refractivity contribution in [1.29, 1.82) is 0 Å². The van der Waals surface area contributed by atoms with Crippen LogP contribution in [0.5, 0.6) is 0 Å². The molecule has 0 saturated heterocycles. The van der Waals surface area contributed by atoms with Gasteiger partial charge in [0.25, 0.3) is 11.8 Å². The van der Waals surface area contributed by atoms with E-state index < -0.39 is 41.2 Å². The van der Waals surface area contributed by atoms with Gasteiger partial charge in [-0.1, -0.05) is 59.6 Å². The third-order valence-corrected chi connectivity index (χ3v) is 5.05. The zero-order chi connectivity index (χ0) is 22.8. The molecule has 2 nitrogen and oxygen atoms in total. The van der Waals surface area contributed by atoms with E-state index in [4.69, 9.17) is 23.2 Å². The van der Waals surface area contributed by atoms with Gasteiger partial charge < -0.3 is 5.32 Å². The Labute approximate surface area is 184 Å². The Morgan fingerprint density at radius 3 is 2.03 bits per heavy atom. The predicted molar refractivity (Wildman–Crippen MR) is 110 cm³/mol. The Kier molecular flexibility index (Phi) is 6.57. The monoisotopic (exact) mass is 473 g/mol. The quantitative estimate of drug-likeness (QED) is 0.390. The molecule has 0 unspecified atom stereocenters. The van der Waals surface area contributed by atoms with Crippen LogP contribution in [0.3, 0.4) is 0 Å². The second-order valence-corrected chi connectivity index (χ2v) is 7.48. The molecule has 0 aliphatic heterocycles. The lowest BCUT2D eigenvalue weighted by Gasteiger charge is -2.20. The van der Waals surface area contributed by atoms with Crippen molar-refractivity contribution in [3.63, 3.8) is 0 Å². The molecule has 0 aromatic heterocycles. The zero-order valence-corrected chi connectivity index (χ0v) is 17.1. The first-order valence-corrected chi connectivity index (χ1v) is 9.63. The number of nitrogens with one attached hydrogen (secondary N) is 1. The molecule has 3 aromatic rings. The van der Waals surface area contributed by atoms with Gasteiger partial charge in [-0.15, -0.1) is 0 Å². The summed E-state index contributed by atoms with van der Waals surface area (Å²) in [6, 6.07) is 14.5. The minimum Gasteiger partial charge on any atom is -0.346 e. The van der Waals surface area contributed by atoms with Crippen molar-refractivity contribution in [3.8, 4) is 11.1 Å². The van der Waals surface area contributed by atoms with E-state index in [0.29, 0.717) is 22.2 Å². The van der Waals surface area contributed by atoms with Gasteiger partial charge in [-0.25, -0.2) is 0 Å². The number of alkyl halides is 5. The molecule has 162 valence electrons. The standard InChI is InChI=1S/C22H14Cl2F5NO/c23-15-8-5-13(6-9-15)14-7-10-18(19(24)11-14)21(25,26)12-30-20(31)16-3-1-2-4-17(16)22(27,28)29/h1-11H,12H2,(H,30,31). The summed E-state index contributed by atoms with van der Waals surface area (Å²) < 4.78 is 68.5. The number of carbonyl (C=O) groups excluding carboxylic acids is 1. The van der Waals surface area contributed by atoms with Crippen LogP contribution in [0.15, 0.2) is 66.7 Å². The summed E-state index contributed by atoms with van der Waals surface area (Å²) in [5.74, 6) is -4.88. The Bertz CT molecular complexity index is 1100. The first-order chi connectivity index (χ1) is 14.5. The van der Waals surface area contributed by atoms with Crippen molar-refractivity contribution >= 4 is 29.1 Å². The van der Waals surface area contributed by atoms with E-state index in [-0.39, 0.29) is 5.02 Å². The fourth-order valence-corrected chi connectivity index (χ4v) is 3.39. The molecule has 31 heavy (non-hydrogen) atoms. The van der Waals surface area contributed by atoms with Crippen LogP contribution in [0, 0.1) is 0 Å². The largest absolute Gasteiger partial charge is 0.417 e. The fourth-order valence-electron chi connectivity index (χ4n) is 2.94. The van der Waals surface area contributed by atoms with Gasteiger partial charge in [0, 0.05) is 10.6 Å². The average Bonchev–Trinajstić information content (AvgIpc) is 2.71. The molecule has 0 bridgehead atoms. The molecule has 3 aromatic carbocycles. The van der Waals surface area contributed by atoms with Crippen LogP contribution in [0.1, 0.15) is 21.5 Å². The maximum atomic E-state index is 14.7. The van der Waals surface area contributed by atoms with Gasteiger partial charge in [0.05, 0.1) is 22.7 Å². The molecule has 0 saturated carbocycles. The van der Waals surface area contributed by atoms with E-state index in [0.717, 1.165) is 18.2 Å². The van der Waals surface area contributed by atoms with Gasteiger partial charge in [0.15, 0.2) is 0 Å². The van der Waals surface area contributed by atoms with Crippen LogP contribution in [-0.4, -0.2) is 12.5 Å². The van der Waals surface area contributed by atoms with Crippen molar-refractivity contribution < 1.29 is 26.7 Å². The first kappa shape index (κ1) is 23.0. The predicted octanol–water partition coefficient (Wildman–Crippen LogP) is 7.20. The lowest BCUT2D eigenvalue weighted by Crippen LogP contribution is -2.36. The number of hydrogen-bond acceptors (Lipinski definition) is 1. The van der Waals surface area contributed by atoms with Crippen LogP contribution in [0.2, 0.25) is 10.0 Å². The molecular formula is C22H14Cl2F5NO. The molecular weight excluding hydrogens is 460 g/mol. The minimum atomic E-state index is -4.79. The van der Waals surface area contributed by atoms with Crippen molar-refractivity contribution in [3.05, 3.63) is 93.5 Å². The molecule has 0 aliphatic rings. The number of rotatable bonds is 5. The van der Waals surface area contributed by atoms with Crippen LogP contribution in [0.4, 0.5) is 22.0 Å². The molecule has 0 atom stereocenters. The summed E-state index contributed by atoms with van der Waals surface area (Å²) in [5.41, 5.74) is -1.23. The molecule has 1 N–H and O–H groups in total. The number of halogens is 7. The van der Waals surface area contributed by atoms with E-state index in [1.54, 1.807) is 24.3 Å². The van der Waals surface area contributed by atoms with Crippen LogP contribution >= 0.6 is 23.2 Å². The van der Waals surface area contributed by atoms with Gasteiger partial charge in [-0.05, 0) is 41.5 Å². The lowest BCUT2D eigenvalue weighted by atomic mass is 10.0. The smallest absolute Gasteiger partial charge is 0.346 e. The normalized spacial score (nSPS) is 12.0. The zero-order valence-electron chi connectivity index (χ0n) is 15.6. The third-order valence-electron chi connectivity index (χ3n) is 4.49. The van der Waals surface area contributed by atoms with Crippen molar-refractivity contribution in [2.45, 2.75) is 12.1 Å². The van der Waals surface area contributed by atoms with Gasteiger partial charge in [-0.3, -0.25) is 4.79 Å². The first-order valence-electron chi connectivity index (χ1n) is 8.87. The Morgan fingerprint density at radius 2 is 1.42 bits per heavy atom. The lowest BCUT2D eigenvalue weighted by molar-refractivity contribution is -0.137. The van der Waals surface area contributed by atoms with E-state index >= 15 is 0 Å². The topological polar surface area (TPSA) is 29.1 Å². The summed E-state index contributed by atoms with van der Waals surface area (Å²) in [4.78, 5) is 12.2. The van der Waals surface area contributed by atoms with E-state index in [9.17, 15) is 26.7 Å². The highest BCUT2D eigenvalue weighted by molar-refractivity contribution is 6.32. The summed E-state index contributed by atoms with van der Waals surface area (Å²) in [6.45, 7) is -1.22. The Hall–Kier alpha value is -2.64. The van der Waals surface area contributed by atoms with Crippen LogP contribution < -0.4 is 5.32 Å². The highest BCUT2D eigenvalue weighted by atomic mass is 35.5. The summed E-state index contributed by atoms with van der Waals surface area (Å²) in [6.07, 6.45) is -4.79. The van der Waals surface area contributed by atoms with E-state index in [1.165, 1.54) is 18.2 Å². The van der Waals surface area contributed by atoms with Crippen molar-refractivity contribution in [2.24, 2.45) is 0 Å². The van der Waals surface area contributed by atoms with Crippen LogP contribution in [-0.2, 0) is 12.1 Å². The second kappa shape index (κ2) is 8.85. The molecule has 0 spiro atoms. The third kappa shape index (κ3) is 5.35.